The van der Waals surface area contributed by atoms with Gasteiger partial charge < -0.3 is 15.0 Å². The Labute approximate surface area is 145 Å². The highest BCUT2D eigenvalue weighted by atomic mass is 32.2. The Kier molecular flexibility index (Phi) is 4.55. The van der Waals surface area contributed by atoms with Crippen molar-refractivity contribution in [2.45, 2.75) is 25.3 Å². The number of carbonyl (C=O) groups excluding carboxylic acids is 2. The van der Waals surface area contributed by atoms with Gasteiger partial charge in [0, 0.05) is 17.1 Å². The van der Waals surface area contributed by atoms with Gasteiger partial charge in [0.25, 0.3) is 5.91 Å². The Hall–Kier alpha value is -2.35. The fourth-order valence-corrected chi connectivity index (χ4v) is 5.21. The summed E-state index contributed by atoms with van der Waals surface area (Å²) in [5.74, 6) is -1.03. The van der Waals surface area contributed by atoms with Crippen LogP contribution in [-0.4, -0.2) is 48.9 Å². The lowest BCUT2D eigenvalue weighted by Gasteiger charge is -2.23. The number of amides is 1. The molecule has 134 valence electrons. The number of sulfone groups is 1. The molecule has 0 aliphatic carbocycles. The van der Waals surface area contributed by atoms with Crippen LogP contribution in [0.2, 0.25) is 0 Å². The molecule has 1 aliphatic heterocycles. The lowest BCUT2D eigenvalue weighted by Crippen LogP contribution is -2.48. The van der Waals surface area contributed by atoms with Crippen molar-refractivity contribution in [1.29, 1.82) is 0 Å². The highest BCUT2D eigenvalue weighted by Gasteiger charge is 2.39. The number of carbonyl (C=O) groups is 2. The number of benzene rings is 1. The van der Waals surface area contributed by atoms with Crippen molar-refractivity contribution < 1.29 is 22.7 Å². The quantitative estimate of drug-likeness (QED) is 0.769. The Morgan fingerprint density at radius 2 is 2.08 bits per heavy atom. The molecule has 1 saturated heterocycles. The molecule has 3 rings (SSSR count). The molecule has 1 fully saturated rings. The van der Waals surface area contributed by atoms with Gasteiger partial charge in [-0.1, -0.05) is 18.2 Å². The van der Waals surface area contributed by atoms with E-state index in [0.717, 1.165) is 16.5 Å². The largest absolute Gasteiger partial charge is 0.455 e. The fourth-order valence-electron chi connectivity index (χ4n) is 3.11. The van der Waals surface area contributed by atoms with Gasteiger partial charge in [-0.3, -0.25) is 9.59 Å². The molecule has 1 aromatic carbocycles. The smallest absolute Gasteiger partial charge is 0.310 e. The third kappa shape index (κ3) is 4.19. The minimum Gasteiger partial charge on any atom is -0.455 e. The third-order valence-electron chi connectivity index (χ3n) is 4.32. The van der Waals surface area contributed by atoms with Crippen LogP contribution in [0.1, 0.15) is 18.9 Å². The number of aromatic nitrogens is 1. The lowest BCUT2D eigenvalue weighted by atomic mass is 10.0. The van der Waals surface area contributed by atoms with E-state index in [1.165, 1.54) is 0 Å². The van der Waals surface area contributed by atoms with Crippen LogP contribution >= 0.6 is 0 Å². The van der Waals surface area contributed by atoms with Gasteiger partial charge in [-0.15, -0.1) is 0 Å². The predicted octanol–water partition coefficient (Wildman–Crippen LogP) is 0.947. The Bertz CT molecular complexity index is 918. The van der Waals surface area contributed by atoms with Crippen molar-refractivity contribution in [2.24, 2.45) is 0 Å². The van der Waals surface area contributed by atoms with Crippen LogP contribution in [-0.2, 0) is 30.6 Å². The maximum absolute atomic E-state index is 12.0. The summed E-state index contributed by atoms with van der Waals surface area (Å²) in [6, 6.07) is 7.60. The standard InChI is InChI=1S/C17H20N2O5S/c1-17(6-7-25(22,23)11-17)19-15(20)10-24-16(21)8-12-9-18-14-5-3-2-4-13(12)14/h2-5,9,18H,6-8,10-11H2,1H3,(H,19,20)/t17-/m1/s1. The van der Waals surface area contributed by atoms with Gasteiger partial charge in [0.15, 0.2) is 16.4 Å². The number of hydrogen-bond donors (Lipinski definition) is 2. The number of fused-ring (bicyclic) bond motifs is 1. The van der Waals surface area contributed by atoms with Crippen LogP contribution in [0, 0.1) is 0 Å². The number of nitrogens with one attached hydrogen (secondary N) is 2. The molecule has 1 aromatic heterocycles. The van der Waals surface area contributed by atoms with E-state index in [4.69, 9.17) is 4.74 Å². The van der Waals surface area contributed by atoms with E-state index in [2.05, 4.69) is 10.3 Å². The Morgan fingerprint density at radius 3 is 2.80 bits per heavy atom. The van der Waals surface area contributed by atoms with Crippen LogP contribution in [0.5, 0.6) is 0 Å². The summed E-state index contributed by atoms with van der Waals surface area (Å²) < 4.78 is 28.1. The average Bonchev–Trinajstić information content (AvgIpc) is 3.06. The van der Waals surface area contributed by atoms with E-state index >= 15 is 0 Å². The molecule has 1 aliphatic rings. The van der Waals surface area contributed by atoms with Crippen molar-refractivity contribution in [1.82, 2.24) is 10.3 Å². The van der Waals surface area contributed by atoms with E-state index < -0.39 is 33.9 Å². The van der Waals surface area contributed by atoms with Gasteiger partial charge in [0.1, 0.15) is 0 Å². The van der Waals surface area contributed by atoms with Crippen molar-refractivity contribution in [3.8, 4) is 0 Å². The lowest BCUT2D eigenvalue weighted by molar-refractivity contribution is -0.148. The zero-order chi connectivity index (χ0) is 18.1. The monoisotopic (exact) mass is 364 g/mol. The zero-order valence-electron chi connectivity index (χ0n) is 13.9. The van der Waals surface area contributed by atoms with Crippen LogP contribution in [0.25, 0.3) is 10.9 Å². The van der Waals surface area contributed by atoms with E-state index in [1.54, 1.807) is 13.1 Å². The summed E-state index contributed by atoms with van der Waals surface area (Å²) in [6.45, 7) is 1.26. The van der Waals surface area contributed by atoms with Gasteiger partial charge in [0.2, 0.25) is 0 Å². The second-order valence-corrected chi connectivity index (χ2v) is 8.83. The first-order chi connectivity index (χ1) is 11.8. The van der Waals surface area contributed by atoms with Crippen LogP contribution in [0.4, 0.5) is 0 Å². The molecular weight excluding hydrogens is 344 g/mol. The first kappa shape index (κ1) is 17.5. The minimum atomic E-state index is -3.11. The summed E-state index contributed by atoms with van der Waals surface area (Å²) in [5.41, 5.74) is 0.937. The summed E-state index contributed by atoms with van der Waals surface area (Å²) in [6.07, 6.45) is 2.17. The number of ether oxygens (including phenoxy) is 1. The molecule has 0 radical (unpaired) electrons. The summed E-state index contributed by atoms with van der Waals surface area (Å²) in [7, 11) is -3.11. The average molecular weight is 364 g/mol. The number of rotatable bonds is 5. The fraction of sp³-hybridized carbons (Fsp3) is 0.412. The van der Waals surface area contributed by atoms with Gasteiger partial charge in [-0.25, -0.2) is 8.42 Å². The normalized spacial score (nSPS) is 22.0. The first-order valence-electron chi connectivity index (χ1n) is 7.98. The molecule has 1 amide bonds. The number of para-hydroxylation sites is 1. The van der Waals surface area contributed by atoms with Crippen molar-refractivity contribution in [3.05, 3.63) is 36.0 Å². The molecule has 8 heteroatoms. The van der Waals surface area contributed by atoms with Crippen LogP contribution in [0.3, 0.4) is 0 Å². The number of hydrogen-bond acceptors (Lipinski definition) is 5. The van der Waals surface area contributed by atoms with E-state index in [0.29, 0.717) is 6.42 Å². The maximum atomic E-state index is 12.0. The zero-order valence-corrected chi connectivity index (χ0v) is 14.7. The summed E-state index contributed by atoms with van der Waals surface area (Å²) in [4.78, 5) is 27.0. The molecule has 0 saturated carbocycles. The Morgan fingerprint density at radius 1 is 1.32 bits per heavy atom. The van der Waals surface area contributed by atoms with Crippen LogP contribution in [0.15, 0.2) is 30.5 Å². The number of H-pyrrole nitrogens is 1. The van der Waals surface area contributed by atoms with Gasteiger partial charge in [-0.2, -0.15) is 0 Å². The second kappa shape index (κ2) is 6.51. The summed E-state index contributed by atoms with van der Waals surface area (Å²) >= 11 is 0. The van der Waals surface area contributed by atoms with E-state index in [-0.39, 0.29) is 17.9 Å². The highest BCUT2D eigenvalue weighted by Crippen LogP contribution is 2.22. The van der Waals surface area contributed by atoms with Crippen LogP contribution < -0.4 is 5.32 Å². The molecule has 0 unspecified atom stereocenters. The van der Waals surface area contributed by atoms with Crippen molar-refractivity contribution >= 4 is 32.6 Å². The topological polar surface area (TPSA) is 105 Å². The van der Waals surface area contributed by atoms with E-state index in [9.17, 15) is 18.0 Å². The number of aromatic amines is 1. The molecule has 0 spiro atoms. The molecule has 2 N–H and O–H groups in total. The molecule has 7 nitrogen and oxygen atoms in total. The molecule has 2 heterocycles. The van der Waals surface area contributed by atoms with Crippen molar-refractivity contribution in [2.75, 3.05) is 18.1 Å². The summed E-state index contributed by atoms with van der Waals surface area (Å²) in [5, 5.41) is 3.59. The van der Waals surface area contributed by atoms with Gasteiger partial charge >= 0.3 is 5.97 Å². The third-order valence-corrected chi connectivity index (χ3v) is 6.22. The predicted molar refractivity (Wildman–Crippen MR) is 92.8 cm³/mol. The molecule has 2 aromatic rings. The minimum absolute atomic E-state index is 0.0585. The first-order valence-corrected chi connectivity index (χ1v) is 9.81. The van der Waals surface area contributed by atoms with E-state index in [1.807, 2.05) is 24.3 Å². The SMILES string of the molecule is C[C@@]1(NC(=O)COC(=O)Cc2c[nH]c3ccccc23)CCS(=O)(=O)C1. The van der Waals surface area contributed by atoms with Gasteiger partial charge in [0.05, 0.1) is 23.5 Å². The molecular formula is C17H20N2O5S. The molecule has 0 bridgehead atoms. The van der Waals surface area contributed by atoms with Gasteiger partial charge in [-0.05, 0) is 25.0 Å². The number of esters is 1. The Balaban J connectivity index is 1.51. The van der Waals surface area contributed by atoms with Crippen molar-refractivity contribution in [3.63, 3.8) is 0 Å². The maximum Gasteiger partial charge on any atom is 0.310 e. The highest BCUT2D eigenvalue weighted by molar-refractivity contribution is 7.91. The second-order valence-electron chi connectivity index (χ2n) is 6.65. The molecule has 1 atom stereocenters. The molecule has 25 heavy (non-hydrogen) atoms.